The highest BCUT2D eigenvalue weighted by Crippen LogP contribution is 2.39. The van der Waals surface area contributed by atoms with Gasteiger partial charge in [-0.3, -0.25) is 24.0 Å². The third kappa shape index (κ3) is 17.6. The molecule has 1 saturated carbocycles. The summed E-state index contributed by atoms with van der Waals surface area (Å²) in [5.41, 5.74) is 3.40. The van der Waals surface area contributed by atoms with Crippen molar-refractivity contribution in [1.82, 2.24) is 29.7 Å². The van der Waals surface area contributed by atoms with Crippen molar-refractivity contribution in [3.8, 4) is 0 Å². The Kier molecular flexibility index (Phi) is 25.1. The molecule has 4 fully saturated rings. The van der Waals surface area contributed by atoms with Crippen LogP contribution in [0.1, 0.15) is 154 Å². The zero-order chi connectivity index (χ0) is 66.6. The normalized spacial score (nSPS) is 32.8. The maximum atomic E-state index is 14.8. The largest absolute Gasteiger partial charge is 0.460 e. The van der Waals surface area contributed by atoms with E-state index in [1.165, 1.54) is 18.9 Å². The summed E-state index contributed by atoms with van der Waals surface area (Å²) in [6, 6.07) is -1.20. The molecule has 5 aliphatic heterocycles. The summed E-state index contributed by atoms with van der Waals surface area (Å²) >= 11 is 0. The van der Waals surface area contributed by atoms with Gasteiger partial charge in [-0.05, 0) is 114 Å². The number of esters is 1. The van der Waals surface area contributed by atoms with E-state index in [9.17, 15) is 43.8 Å². The van der Waals surface area contributed by atoms with Gasteiger partial charge in [0.25, 0.3) is 11.7 Å². The molecular weight excluding hydrogens is 1180 g/mol. The molecule has 0 aromatic carbocycles. The predicted molar refractivity (Wildman–Crippen MR) is 342 cm³/mol. The number of amides is 2. The van der Waals surface area contributed by atoms with Crippen LogP contribution < -0.4 is 9.80 Å². The lowest BCUT2D eigenvalue weighted by Crippen LogP contribution is -2.61. The van der Waals surface area contributed by atoms with Crippen LogP contribution in [0.25, 0.3) is 0 Å². The number of Topliss-reactive ketones (excluding diaryl/α,β-unsaturated/α-hetero) is 4. The number of allylic oxidation sites excluding steroid dienone is 6. The lowest BCUT2D eigenvalue weighted by atomic mass is 9.78. The SMILES string of the molecule is CO[C@H]1C[C@@H]2CC[C@@H](C)[C@@](O)(O2)C(=O)C(=O)N2CCCC[C@H]2C(=O)O[C@H]([C@H](C)C[C@@H]2CC[C@@H](OC(=O)N3CCc4nc(N5CCN(c6ncc(C(C)=O)cn6)CC5)ncc4C3)[C@H](OC)C2)CC(=O)[C@H](C)/C=C(\C)[C@@H](O)[C@@H](OC)C(=O)[C@H](C)C[C@H](C)/C=C/C=CC=C1C. The monoisotopic (exact) mass is 1280 g/mol. The van der Waals surface area contributed by atoms with Gasteiger partial charge in [0.15, 0.2) is 11.6 Å². The molecule has 7 heterocycles. The van der Waals surface area contributed by atoms with Crippen molar-refractivity contribution in [3.05, 3.63) is 83.0 Å². The molecule has 2 bridgehead atoms. The first-order valence-electron chi connectivity index (χ1n) is 33.0. The number of cyclic esters (lactones) is 1. The van der Waals surface area contributed by atoms with Crippen LogP contribution in [-0.4, -0.2) is 196 Å². The summed E-state index contributed by atoms with van der Waals surface area (Å²) in [4.78, 5) is 123. The van der Waals surface area contributed by atoms with Gasteiger partial charge in [-0.15, -0.1) is 0 Å². The molecule has 2 amide bonds. The number of hydrogen-bond acceptors (Lipinski definition) is 21. The summed E-state index contributed by atoms with van der Waals surface area (Å²) in [5.74, 6) is -7.45. The average Bonchev–Trinajstić information content (AvgIpc) is 0.850. The van der Waals surface area contributed by atoms with Gasteiger partial charge >= 0.3 is 12.1 Å². The number of aliphatic hydroxyl groups is 2. The topological polar surface area (TPSA) is 280 Å². The Balaban J connectivity index is 0.951. The van der Waals surface area contributed by atoms with Gasteiger partial charge in [-0.2, -0.15) is 0 Å². The van der Waals surface area contributed by atoms with E-state index in [1.54, 1.807) is 64.6 Å². The Labute approximate surface area is 541 Å². The molecule has 23 nitrogen and oxygen atoms in total. The average molecular weight is 1280 g/mol. The van der Waals surface area contributed by atoms with Crippen LogP contribution in [0.15, 0.2) is 66.2 Å². The lowest BCUT2D eigenvalue weighted by Gasteiger charge is -2.42. The first-order chi connectivity index (χ1) is 43.9. The molecule has 6 aliphatic rings. The smallest absolute Gasteiger partial charge is 0.410 e. The summed E-state index contributed by atoms with van der Waals surface area (Å²) in [5, 5.41) is 23.8. The maximum Gasteiger partial charge on any atom is 0.410 e. The lowest BCUT2D eigenvalue weighted by molar-refractivity contribution is -0.265. The Morgan fingerprint density at radius 3 is 2.17 bits per heavy atom. The van der Waals surface area contributed by atoms with E-state index in [4.69, 9.17) is 38.4 Å². The number of nitrogens with zero attached hydrogens (tertiary/aromatic N) is 8. The molecule has 0 radical (unpaired) electrons. The summed E-state index contributed by atoms with van der Waals surface area (Å²) < 4.78 is 36.4. The van der Waals surface area contributed by atoms with E-state index in [0.717, 1.165) is 16.8 Å². The molecule has 1 aliphatic carbocycles. The quantitative estimate of drug-likeness (QED) is 0.101. The number of aromatic nitrogens is 4. The molecule has 23 heteroatoms. The fourth-order valence-corrected chi connectivity index (χ4v) is 13.8. The molecule has 0 spiro atoms. The van der Waals surface area contributed by atoms with E-state index in [2.05, 4.69) is 19.8 Å². The fourth-order valence-electron chi connectivity index (χ4n) is 13.8. The van der Waals surface area contributed by atoms with Crippen LogP contribution in [0.2, 0.25) is 0 Å². The van der Waals surface area contributed by atoms with Gasteiger partial charge < -0.3 is 58.2 Å². The maximum absolute atomic E-state index is 14.8. The van der Waals surface area contributed by atoms with Crippen molar-refractivity contribution in [2.24, 2.45) is 35.5 Å². The first kappa shape index (κ1) is 71.2. The summed E-state index contributed by atoms with van der Waals surface area (Å²) in [6.45, 7) is 17.4. The second kappa shape index (κ2) is 32.5. The number of anilines is 2. The predicted octanol–water partition coefficient (Wildman–Crippen LogP) is 7.49. The van der Waals surface area contributed by atoms with Crippen molar-refractivity contribution in [1.29, 1.82) is 0 Å². The van der Waals surface area contributed by atoms with Crippen molar-refractivity contribution in [3.63, 3.8) is 0 Å². The highest BCUT2D eigenvalue weighted by atomic mass is 16.6. The molecule has 15 atom stereocenters. The number of rotatable bonds is 10. The highest BCUT2D eigenvalue weighted by Gasteiger charge is 2.53. The second-order valence-corrected chi connectivity index (χ2v) is 26.6. The minimum absolute atomic E-state index is 0.0109. The number of hydrogen-bond donors (Lipinski definition) is 2. The second-order valence-electron chi connectivity index (χ2n) is 26.6. The molecule has 2 aromatic heterocycles. The number of fused-ring (bicyclic) bond motifs is 4. The zero-order valence-corrected chi connectivity index (χ0v) is 55.7. The number of piperazine rings is 1. The molecule has 0 unspecified atom stereocenters. The molecular formula is C69H98N8O15. The van der Waals surface area contributed by atoms with E-state index in [1.807, 2.05) is 58.1 Å². The van der Waals surface area contributed by atoms with Crippen molar-refractivity contribution >= 4 is 53.0 Å². The molecule has 92 heavy (non-hydrogen) atoms. The van der Waals surface area contributed by atoms with Crippen LogP contribution in [0.3, 0.4) is 0 Å². The number of carbonyl (C=O) groups excluding carboxylic acids is 7. The fraction of sp³-hybridized carbons (Fsp3) is 0.667. The zero-order valence-electron chi connectivity index (χ0n) is 55.7. The van der Waals surface area contributed by atoms with Crippen LogP contribution >= 0.6 is 0 Å². The summed E-state index contributed by atoms with van der Waals surface area (Å²) in [6.07, 6.45) is 15.1. The third-order valence-corrected chi connectivity index (χ3v) is 19.8. The minimum atomic E-state index is -2.47. The minimum Gasteiger partial charge on any atom is -0.460 e. The highest BCUT2D eigenvalue weighted by molar-refractivity contribution is 6.39. The number of ether oxygens (including phenoxy) is 6. The number of methoxy groups -OCH3 is 3. The Morgan fingerprint density at radius 2 is 1.49 bits per heavy atom. The molecule has 2 N–H and O–H groups in total. The molecule has 504 valence electrons. The van der Waals surface area contributed by atoms with Crippen molar-refractivity contribution < 1.29 is 72.2 Å². The molecule has 2 aromatic rings. The van der Waals surface area contributed by atoms with Crippen LogP contribution in [0.5, 0.6) is 0 Å². The van der Waals surface area contributed by atoms with E-state index < -0.39 is 102 Å². The van der Waals surface area contributed by atoms with Gasteiger partial charge in [-0.25, -0.2) is 29.5 Å². The van der Waals surface area contributed by atoms with Gasteiger partial charge in [-0.1, -0.05) is 71.1 Å². The third-order valence-electron chi connectivity index (χ3n) is 19.8. The van der Waals surface area contributed by atoms with Gasteiger partial charge in [0.05, 0.1) is 36.1 Å². The van der Waals surface area contributed by atoms with Crippen LogP contribution in [0.4, 0.5) is 16.7 Å². The van der Waals surface area contributed by atoms with Gasteiger partial charge in [0, 0.05) is 122 Å². The van der Waals surface area contributed by atoms with Gasteiger partial charge in [0.1, 0.15) is 36.2 Å². The number of piperidine rings is 1. The number of ketones is 4. The van der Waals surface area contributed by atoms with E-state index in [-0.39, 0.29) is 55.1 Å². The molecule has 3 saturated heterocycles. The van der Waals surface area contributed by atoms with Crippen molar-refractivity contribution in [2.45, 2.75) is 200 Å². The number of carbonyl (C=O) groups is 7. The standard InChI is InChI=1S/C69H98N8O15/c1-41-17-13-12-14-18-42(2)57(87-9)35-52-22-20-47(7)69(86,92-52)63(82)64(83)77-25-16-15-19-54(77)65(84)90-58(36-55(79)43(3)32-46(6)61(81)62(89-11)60(80)45(5)31-41)44(4)33-49-21-23-56(59(34-49)88-10)91-68(85)76-26-24-53-51(40-76)39-72-67(73-53)75-29-27-74(28-30-75)66-70-37-50(38-71-66)48(8)78/h12-14,17-18,32,37-39,41,43-45,47,49,52,54,56-59,61-62,81,86H,15-16,19-31,33-36,40H2,1-11H3/b14-12?,17-13+,42-18?,46-32+/t41-,43-,44-,45-,47-,49+,52+,54+,56-,57+,58+,59-,61-,62+,69-/m1/s1. The first-order valence-corrected chi connectivity index (χ1v) is 33.0. The summed E-state index contributed by atoms with van der Waals surface area (Å²) in [7, 11) is 4.53. The van der Waals surface area contributed by atoms with Crippen LogP contribution in [0, 0.1) is 35.5 Å². The Hall–Kier alpha value is -6.63. The Bertz CT molecular complexity index is 3060. The van der Waals surface area contributed by atoms with Gasteiger partial charge in [0.2, 0.25) is 17.7 Å². The van der Waals surface area contributed by atoms with Crippen molar-refractivity contribution in [2.75, 3.05) is 70.4 Å². The number of aliphatic hydroxyl groups excluding tert-OH is 1. The van der Waals surface area contributed by atoms with E-state index >= 15 is 0 Å². The van der Waals surface area contributed by atoms with E-state index in [0.29, 0.717) is 126 Å². The molecule has 8 rings (SSSR count). The Morgan fingerprint density at radius 1 is 0.783 bits per heavy atom. The van der Waals surface area contributed by atoms with Crippen LogP contribution in [-0.2, 0) is 65.4 Å².